The van der Waals surface area contributed by atoms with Crippen LogP contribution in [0, 0.1) is 0 Å². The van der Waals surface area contributed by atoms with E-state index in [0.717, 1.165) is 0 Å². The number of hydrogen-bond donors (Lipinski definition) is 0. The smallest absolute Gasteiger partial charge is 0.789 e. The van der Waals surface area contributed by atoms with Crippen molar-refractivity contribution in [3.05, 3.63) is 0 Å². The van der Waals surface area contributed by atoms with Gasteiger partial charge in [-0.1, -0.05) is 12.8 Å². The van der Waals surface area contributed by atoms with E-state index in [1.54, 1.807) is 0 Å². The van der Waals surface area contributed by atoms with Crippen molar-refractivity contribution in [1.82, 2.24) is 0 Å². The maximum atomic E-state index is 5.08. The Morgan fingerprint density at radius 2 is 1.75 bits per heavy atom. The molecule has 1 aliphatic rings. The molecule has 0 unspecified atom stereocenters. The second kappa shape index (κ2) is 5.48. The van der Waals surface area contributed by atoms with Gasteiger partial charge in [-0.3, -0.25) is 0 Å². The first kappa shape index (κ1) is 9.70. The van der Waals surface area contributed by atoms with Crippen molar-refractivity contribution in [1.29, 1.82) is 0 Å². The summed E-state index contributed by atoms with van der Waals surface area (Å²) in [5.41, 5.74) is 0. The van der Waals surface area contributed by atoms with Gasteiger partial charge in [0.25, 0.3) is 0 Å². The Bertz CT molecular complexity index is 52.4. The Morgan fingerprint density at radius 1 is 1.25 bits per heavy atom. The maximum Gasteiger partial charge on any atom is 1.00 e. The second-order valence-corrected chi connectivity index (χ2v) is 3.70. The van der Waals surface area contributed by atoms with Crippen LogP contribution in [0.1, 0.15) is 12.8 Å². The van der Waals surface area contributed by atoms with E-state index < -0.39 is 0 Å². The Kier molecular flexibility index (Phi) is 6.65. The first-order chi connectivity index (χ1) is 3.39. The van der Waals surface area contributed by atoms with Gasteiger partial charge >= 0.3 is 29.6 Å². The molecule has 0 nitrogen and oxygen atoms in total. The van der Waals surface area contributed by atoms with Gasteiger partial charge < -0.3 is 12.6 Å². The average Bonchev–Trinajstić information content (AvgIpc) is 1.69. The van der Waals surface area contributed by atoms with E-state index in [2.05, 4.69) is 0 Å². The monoisotopic (exact) mass is 156 g/mol. The molecule has 0 atom stereocenters. The van der Waals surface area contributed by atoms with Crippen LogP contribution in [0.5, 0.6) is 0 Å². The van der Waals surface area contributed by atoms with Gasteiger partial charge in [-0.2, -0.15) is 17.0 Å². The SMILES string of the molecule is [Na+].[S-]C1CCSCC1. The first-order valence-electron chi connectivity index (χ1n) is 2.63. The van der Waals surface area contributed by atoms with Crippen LogP contribution in [0.25, 0.3) is 0 Å². The third kappa shape index (κ3) is 3.67. The van der Waals surface area contributed by atoms with Gasteiger partial charge in [0.05, 0.1) is 0 Å². The van der Waals surface area contributed by atoms with Crippen LogP contribution in [-0.4, -0.2) is 16.8 Å². The van der Waals surface area contributed by atoms with Gasteiger partial charge in [0.1, 0.15) is 0 Å². The first-order valence-corrected chi connectivity index (χ1v) is 4.26. The molecule has 1 fully saturated rings. The summed E-state index contributed by atoms with van der Waals surface area (Å²) in [6.07, 6.45) is 2.53. The molecule has 0 bridgehead atoms. The van der Waals surface area contributed by atoms with Crippen molar-refractivity contribution >= 4 is 24.4 Å². The van der Waals surface area contributed by atoms with E-state index in [-0.39, 0.29) is 29.6 Å². The molecular weight excluding hydrogens is 147 g/mol. The molecule has 0 aromatic rings. The summed E-state index contributed by atoms with van der Waals surface area (Å²) in [7, 11) is 0. The predicted molar refractivity (Wildman–Crippen MR) is 37.7 cm³/mol. The summed E-state index contributed by atoms with van der Waals surface area (Å²) < 4.78 is 0. The van der Waals surface area contributed by atoms with Gasteiger partial charge in [-0.05, 0) is 11.5 Å². The van der Waals surface area contributed by atoms with Crippen LogP contribution < -0.4 is 29.6 Å². The van der Waals surface area contributed by atoms with Gasteiger partial charge in [0, 0.05) is 0 Å². The molecule has 0 N–H and O–H groups in total. The quantitative estimate of drug-likeness (QED) is 0.307. The Balaban J connectivity index is 0.000000490. The van der Waals surface area contributed by atoms with Crippen LogP contribution >= 0.6 is 11.8 Å². The van der Waals surface area contributed by atoms with E-state index in [1.807, 2.05) is 11.8 Å². The minimum Gasteiger partial charge on any atom is -0.789 e. The van der Waals surface area contributed by atoms with Crippen molar-refractivity contribution < 1.29 is 29.6 Å². The summed E-state index contributed by atoms with van der Waals surface area (Å²) in [5, 5.41) is 0.598. The van der Waals surface area contributed by atoms with E-state index >= 15 is 0 Å². The van der Waals surface area contributed by atoms with E-state index in [0.29, 0.717) is 5.25 Å². The van der Waals surface area contributed by atoms with Gasteiger partial charge in [-0.25, -0.2) is 0 Å². The normalized spacial score (nSPS) is 22.1. The van der Waals surface area contributed by atoms with Crippen molar-refractivity contribution in [2.45, 2.75) is 18.1 Å². The Hall–Kier alpha value is 1.70. The topological polar surface area (TPSA) is 0 Å². The molecule has 3 heteroatoms. The fourth-order valence-electron chi connectivity index (χ4n) is 0.676. The molecule has 1 aliphatic heterocycles. The molecule has 0 aromatic heterocycles. The number of hydrogen-bond acceptors (Lipinski definition) is 2. The Labute approximate surface area is 82.9 Å². The molecule has 0 radical (unpaired) electrons. The van der Waals surface area contributed by atoms with Crippen molar-refractivity contribution in [3.8, 4) is 0 Å². The van der Waals surface area contributed by atoms with Gasteiger partial charge in [-0.15, -0.1) is 0 Å². The molecule has 42 valence electrons. The summed E-state index contributed by atoms with van der Waals surface area (Å²) in [4.78, 5) is 0. The molecule has 1 rings (SSSR count). The third-order valence-electron chi connectivity index (χ3n) is 1.17. The molecule has 1 saturated heterocycles. The fourth-order valence-corrected chi connectivity index (χ4v) is 2.32. The third-order valence-corrected chi connectivity index (χ3v) is 2.69. The fraction of sp³-hybridized carbons (Fsp3) is 1.00. The minimum atomic E-state index is 0. The molecule has 0 aliphatic carbocycles. The van der Waals surface area contributed by atoms with Crippen LogP contribution in [0.2, 0.25) is 0 Å². The van der Waals surface area contributed by atoms with E-state index in [4.69, 9.17) is 12.6 Å². The summed E-state index contributed by atoms with van der Waals surface area (Å²) in [6.45, 7) is 0. The van der Waals surface area contributed by atoms with E-state index in [9.17, 15) is 0 Å². The van der Waals surface area contributed by atoms with Crippen LogP contribution in [0.3, 0.4) is 0 Å². The molecule has 0 aromatic carbocycles. The minimum absolute atomic E-state index is 0. The number of rotatable bonds is 0. The zero-order chi connectivity index (χ0) is 5.11. The zero-order valence-corrected chi connectivity index (χ0v) is 8.86. The molecule has 0 saturated carbocycles. The standard InChI is InChI=1S/C5H10S2.Na/c6-5-1-3-7-4-2-5;/h5-6H,1-4H2;/q;+1/p-1. The molecular formula is C5H9NaS2. The summed E-state index contributed by atoms with van der Waals surface area (Å²) >= 11 is 7.11. The molecule has 0 spiro atoms. The number of thioether (sulfide) groups is 1. The zero-order valence-electron chi connectivity index (χ0n) is 5.22. The molecule has 0 amide bonds. The second-order valence-electron chi connectivity index (χ2n) is 1.81. The van der Waals surface area contributed by atoms with Crippen molar-refractivity contribution in [2.24, 2.45) is 0 Å². The maximum absolute atomic E-state index is 5.08. The Morgan fingerprint density at radius 3 is 2.00 bits per heavy atom. The van der Waals surface area contributed by atoms with Crippen molar-refractivity contribution in [3.63, 3.8) is 0 Å². The van der Waals surface area contributed by atoms with Crippen LogP contribution in [0.15, 0.2) is 0 Å². The molecule has 8 heavy (non-hydrogen) atoms. The predicted octanol–water partition coefficient (Wildman–Crippen LogP) is -1.57. The van der Waals surface area contributed by atoms with Gasteiger partial charge in [0.2, 0.25) is 0 Å². The van der Waals surface area contributed by atoms with Crippen LogP contribution in [0.4, 0.5) is 0 Å². The average molecular weight is 156 g/mol. The van der Waals surface area contributed by atoms with E-state index in [1.165, 1.54) is 24.3 Å². The van der Waals surface area contributed by atoms with Crippen LogP contribution in [-0.2, 0) is 12.6 Å². The summed E-state index contributed by atoms with van der Waals surface area (Å²) in [5.74, 6) is 2.60. The largest absolute Gasteiger partial charge is 1.00 e. The molecule has 1 heterocycles. The van der Waals surface area contributed by atoms with Crippen molar-refractivity contribution in [2.75, 3.05) is 11.5 Å². The van der Waals surface area contributed by atoms with Gasteiger partial charge in [0.15, 0.2) is 0 Å². The summed E-state index contributed by atoms with van der Waals surface area (Å²) in [6, 6.07) is 0.